The predicted octanol–water partition coefficient (Wildman–Crippen LogP) is 2.42. The predicted molar refractivity (Wildman–Crippen MR) is 100 cm³/mol. The highest BCUT2D eigenvalue weighted by Crippen LogP contribution is 2.10. The third-order valence-electron chi connectivity index (χ3n) is 3.84. The van der Waals surface area contributed by atoms with Crippen molar-refractivity contribution in [2.24, 2.45) is 11.8 Å². The lowest BCUT2D eigenvalue weighted by Gasteiger charge is -2.25. The van der Waals surface area contributed by atoms with Crippen molar-refractivity contribution < 1.29 is 19.1 Å². The fourth-order valence-electron chi connectivity index (χ4n) is 2.52. The number of esters is 1. The summed E-state index contributed by atoms with van der Waals surface area (Å²) >= 11 is 0. The van der Waals surface area contributed by atoms with Crippen LogP contribution >= 0.6 is 0 Å². The van der Waals surface area contributed by atoms with Gasteiger partial charge in [-0.25, -0.2) is 4.79 Å². The van der Waals surface area contributed by atoms with Crippen LogP contribution in [0.25, 0.3) is 0 Å². The van der Waals surface area contributed by atoms with Gasteiger partial charge in [-0.05, 0) is 23.8 Å². The van der Waals surface area contributed by atoms with Gasteiger partial charge in [-0.15, -0.1) is 0 Å². The number of hydrogen-bond donors (Lipinski definition) is 2. The zero-order chi connectivity index (χ0) is 19.7. The number of carbonyl (C=O) groups excluding carboxylic acids is 3. The molecule has 0 aromatic heterocycles. The maximum absolute atomic E-state index is 12.6. The van der Waals surface area contributed by atoms with Gasteiger partial charge in [-0.1, -0.05) is 58.0 Å². The Labute approximate surface area is 155 Å². The first-order valence-corrected chi connectivity index (χ1v) is 8.98. The second-order valence-electron chi connectivity index (χ2n) is 7.21. The van der Waals surface area contributed by atoms with E-state index in [4.69, 9.17) is 4.74 Å². The lowest BCUT2D eigenvalue weighted by Crippen LogP contribution is -2.53. The number of carbonyl (C=O) groups is 3. The van der Waals surface area contributed by atoms with Crippen LogP contribution in [0.1, 0.15) is 46.6 Å². The summed E-state index contributed by atoms with van der Waals surface area (Å²) in [5, 5.41) is 5.38. The van der Waals surface area contributed by atoms with Gasteiger partial charge < -0.3 is 15.4 Å². The third kappa shape index (κ3) is 7.68. The van der Waals surface area contributed by atoms with Crippen LogP contribution in [0.3, 0.4) is 0 Å². The van der Waals surface area contributed by atoms with E-state index in [0.29, 0.717) is 6.42 Å². The van der Waals surface area contributed by atoms with Crippen molar-refractivity contribution >= 4 is 17.8 Å². The third-order valence-corrected chi connectivity index (χ3v) is 3.84. The first-order valence-electron chi connectivity index (χ1n) is 8.98. The van der Waals surface area contributed by atoms with Crippen LogP contribution < -0.4 is 10.6 Å². The van der Waals surface area contributed by atoms with E-state index >= 15 is 0 Å². The fraction of sp³-hybridized carbons (Fsp3) is 0.550. The van der Waals surface area contributed by atoms with Gasteiger partial charge in [0.15, 0.2) is 0 Å². The molecule has 0 bridgehead atoms. The summed E-state index contributed by atoms with van der Waals surface area (Å²) < 4.78 is 5.35. The summed E-state index contributed by atoms with van der Waals surface area (Å²) in [6.45, 7) is 9.13. The van der Waals surface area contributed by atoms with Crippen molar-refractivity contribution in [1.29, 1.82) is 0 Å². The van der Waals surface area contributed by atoms with Gasteiger partial charge >= 0.3 is 5.97 Å². The molecule has 144 valence electrons. The van der Waals surface area contributed by atoms with Crippen LogP contribution in [0, 0.1) is 11.8 Å². The molecule has 1 aromatic rings. The van der Waals surface area contributed by atoms with Crippen molar-refractivity contribution in [1.82, 2.24) is 10.6 Å². The normalized spacial score (nSPS) is 13.2. The molecule has 2 atom stereocenters. The Morgan fingerprint density at radius 3 is 2.12 bits per heavy atom. The van der Waals surface area contributed by atoms with E-state index in [2.05, 4.69) is 10.6 Å². The van der Waals surface area contributed by atoms with Gasteiger partial charge in [0.05, 0.1) is 0 Å². The molecule has 0 heterocycles. The van der Waals surface area contributed by atoms with E-state index in [-0.39, 0.29) is 30.3 Å². The van der Waals surface area contributed by atoms with E-state index < -0.39 is 18.1 Å². The molecule has 0 radical (unpaired) electrons. The average Bonchev–Trinajstić information content (AvgIpc) is 2.56. The molecule has 26 heavy (non-hydrogen) atoms. The zero-order valence-corrected chi connectivity index (χ0v) is 16.2. The first-order chi connectivity index (χ1) is 12.2. The number of rotatable bonds is 9. The van der Waals surface area contributed by atoms with Gasteiger partial charge in [0.2, 0.25) is 11.8 Å². The minimum atomic E-state index is -0.769. The van der Waals surface area contributed by atoms with Crippen molar-refractivity contribution in [3.63, 3.8) is 0 Å². The van der Waals surface area contributed by atoms with Crippen molar-refractivity contribution in [2.45, 2.75) is 59.7 Å². The molecule has 0 spiro atoms. The van der Waals surface area contributed by atoms with E-state index in [1.54, 1.807) is 0 Å². The molecule has 0 aliphatic heterocycles. The van der Waals surface area contributed by atoms with Gasteiger partial charge in [-0.2, -0.15) is 0 Å². The minimum absolute atomic E-state index is 0.140. The Kier molecular flexibility index (Phi) is 8.82. The van der Waals surface area contributed by atoms with Crippen LogP contribution in [0.5, 0.6) is 0 Å². The summed E-state index contributed by atoms with van der Waals surface area (Å²) in [6.07, 6.45) is 0.495. The minimum Gasteiger partial charge on any atom is -0.459 e. The quantitative estimate of drug-likeness (QED) is 0.661. The molecule has 6 heteroatoms. The second kappa shape index (κ2) is 10.6. The number of hydrogen-bond acceptors (Lipinski definition) is 4. The lowest BCUT2D eigenvalue weighted by molar-refractivity contribution is -0.150. The maximum Gasteiger partial charge on any atom is 0.329 e. The highest BCUT2D eigenvalue weighted by molar-refractivity contribution is 5.90. The summed E-state index contributed by atoms with van der Waals surface area (Å²) in [6, 6.07) is 7.92. The highest BCUT2D eigenvalue weighted by Gasteiger charge is 2.29. The fourth-order valence-corrected chi connectivity index (χ4v) is 2.52. The van der Waals surface area contributed by atoms with Crippen LogP contribution in [0.15, 0.2) is 30.3 Å². The van der Waals surface area contributed by atoms with Gasteiger partial charge in [0, 0.05) is 6.92 Å². The van der Waals surface area contributed by atoms with Crippen molar-refractivity contribution in [2.75, 3.05) is 0 Å². The van der Waals surface area contributed by atoms with Crippen molar-refractivity contribution in [3.05, 3.63) is 35.9 Å². The number of benzene rings is 1. The lowest BCUT2D eigenvalue weighted by atomic mass is 10.0. The topological polar surface area (TPSA) is 84.5 Å². The standard InChI is InChI=1S/C20H30N2O4/c1-13(2)11-17(21-15(5)23)19(24)22-18(14(3)4)20(25)26-12-16-9-7-6-8-10-16/h6-10,13-14,17-18H,11-12H2,1-5H3,(H,21,23)(H,22,24)/t17-,18-/m0/s1. The summed E-state index contributed by atoms with van der Waals surface area (Å²) in [4.78, 5) is 36.4. The summed E-state index contributed by atoms with van der Waals surface area (Å²) in [7, 11) is 0. The van der Waals surface area contributed by atoms with Gasteiger partial charge in [0.25, 0.3) is 0 Å². The number of amides is 2. The molecular weight excluding hydrogens is 332 g/mol. The molecule has 1 rings (SSSR count). The Bertz CT molecular complexity index is 599. The smallest absolute Gasteiger partial charge is 0.329 e. The van der Waals surface area contributed by atoms with Crippen LogP contribution in [-0.4, -0.2) is 29.9 Å². The summed E-state index contributed by atoms with van der Waals surface area (Å²) in [5.41, 5.74) is 0.880. The molecule has 0 fully saturated rings. The monoisotopic (exact) mass is 362 g/mol. The largest absolute Gasteiger partial charge is 0.459 e. The molecule has 1 aromatic carbocycles. The van der Waals surface area contributed by atoms with E-state index in [9.17, 15) is 14.4 Å². The average molecular weight is 362 g/mol. The van der Waals surface area contributed by atoms with E-state index in [1.165, 1.54) is 6.92 Å². The molecule has 0 saturated heterocycles. The number of ether oxygens (including phenoxy) is 1. The highest BCUT2D eigenvalue weighted by atomic mass is 16.5. The van der Waals surface area contributed by atoms with Crippen LogP contribution in [0.2, 0.25) is 0 Å². The molecule has 0 unspecified atom stereocenters. The maximum atomic E-state index is 12.6. The Morgan fingerprint density at radius 2 is 1.62 bits per heavy atom. The van der Waals surface area contributed by atoms with E-state index in [1.807, 2.05) is 58.0 Å². The number of nitrogens with one attached hydrogen (secondary N) is 2. The van der Waals surface area contributed by atoms with E-state index in [0.717, 1.165) is 5.56 Å². The SMILES string of the molecule is CC(=O)N[C@@H](CC(C)C)C(=O)N[C@H](C(=O)OCc1ccccc1)C(C)C. The Morgan fingerprint density at radius 1 is 1.00 bits per heavy atom. The van der Waals surface area contributed by atoms with Crippen molar-refractivity contribution in [3.8, 4) is 0 Å². The van der Waals surface area contributed by atoms with Gasteiger partial charge in [0.1, 0.15) is 18.7 Å². The first kappa shape index (κ1) is 21.7. The second-order valence-corrected chi connectivity index (χ2v) is 7.21. The molecule has 2 N–H and O–H groups in total. The Balaban J connectivity index is 2.73. The van der Waals surface area contributed by atoms with Gasteiger partial charge in [-0.3, -0.25) is 9.59 Å². The molecular formula is C20H30N2O4. The summed E-state index contributed by atoms with van der Waals surface area (Å²) in [5.74, 6) is -1.05. The molecule has 6 nitrogen and oxygen atoms in total. The Hall–Kier alpha value is -2.37. The molecule has 0 saturated carbocycles. The zero-order valence-electron chi connectivity index (χ0n) is 16.2. The molecule has 2 amide bonds. The molecule has 0 aliphatic rings. The van der Waals surface area contributed by atoms with Crippen LogP contribution in [-0.2, 0) is 25.7 Å². The van der Waals surface area contributed by atoms with Crippen LogP contribution in [0.4, 0.5) is 0 Å². The molecule has 0 aliphatic carbocycles.